The third kappa shape index (κ3) is 7.06. The van der Waals surface area contributed by atoms with Crippen molar-refractivity contribution in [2.45, 2.75) is 39.2 Å². The minimum atomic E-state index is -0.711. The summed E-state index contributed by atoms with van der Waals surface area (Å²) >= 11 is 0. The molecule has 0 aliphatic carbocycles. The molecule has 1 aromatic carbocycles. The van der Waals surface area contributed by atoms with Gasteiger partial charge in [-0.25, -0.2) is 4.79 Å². The van der Waals surface area contributed by atoms with E-state index >= 15 is 0 Å². The molecule has 8 nitrogen and oxygen atoms in total. The highest BCUT2D eigenvalue weighted by molar-refractivity contribution is 5.85. The van der Waals surface area contributed by atoms with Gasteiger partial charge in [0, 0.05) is 18.1 Å². The molecule has 1 atom stereocenters. The van der Waals surface area contributed by atoms with Crippen LogP contribution in [0.3, 0.4) is 0 Å². The number of alkyl carbamates (subject to hydrolysis) is 1. The summed E-state index contributed by atoms with van der Waals surface area (Å²) in [5.41, 5.74) is 0.797. The quantitative estimate of drug-likeness (QED) is 0.691. The van der Waals surface area contributed by atoms with E-state index in [9.17, 15) is 14.4 Å². The fourth-order valence-corrected chi connectivity index (χ4v) is 2.60. The van der Waals surface area contributed by atoms with Gasteiger partial charge in [-0.3, -0.25) is 14.6 Å². The van der Waals surface area contributed by atoms with E-state index in [1.165, 1.54) is 0 Å². The molecule has 0 unspecified atom stereocenters. The number of fused-ring (bicyclic) bond motifs is 1. The molecule has 0 bridgehead atoms. The number of hydrogen-bond donors (Lipinski definition) is 2. The van der Waals surface area contributed by atoms with Crippen LogP contribution in [-0.2, 0) is 19.1 Å². The summed E-state index contributed by atoms with van der Waals surface area (Å²) in [7, 11) is 0. The second-order valence-electron chi connectivity index (χ2n) is 7.43. The maximum Gasteiger partial charge on any atom is 0.408 e. The Bertz CT molecular complexity index is 876. The van der Waals surface area contributed by atoms with Crippen molar-refractivity contribution in [1.29, 1.82) is 0 Å². The van der Waals surface area contributed by atoms with E-state index in [1.54, 1.807) is 33.9 Å². The third-order valence-corrected chi connectivity index (χ3v) is 3.88. The van der Waals surface area contributed by atoms with E-state index in [0.29, 0.717) is 5.56 Å². The molecule has 29 heavy (non-hydrogen) atoms. The molecule has 8 heteroatoms. The fourth-order valence-electron chi connectivity index (χ4n) is 2.60. The first kappa shape index (κ1) is 22.1. The Balaban J connectivity index is 2.02. The van der Waals surface area contributed by atoms with Gasteiger partial charge in [0.05, 0.1) is 18.7 Å². The van der Waals surface area contributed by atoms with Crippen LogP contribution in [-0.4, -0.2) is 48.3 Å². The number of hydrogen-bond acceptors (Lipinski definition) is 6. The molecule has 2 N–H and O–H groups in total. The van der Waals surface area contributed by atoms with Crippen LogP contribution in [0.15, 0.2) is 36.5 Å². The van der Waals surface area contributed by atoms with Gasteiger partial charge in [0.2, 0.25) is 5.91 Å². The van der Waals surface area contributed by atoms with Gasteiger partial charge in [-0.1, -0.05) is 18.2 Å². The number of nitrogens with one attached hydrogen (secondary N) is 2. The predicted octanol–water partition coefficient (Wildman–Crippen LogP) is 2.52. The molecule has 0 fully saturated rings. The zero-order chi connectivity index (χ0) is 21.4. The van der Waals surface area contributed by atoms with E-state index in [2.05, 4.69) is 15.6 Å². The van der Waals surface area contributed by atoms with Crippen molar-refractivity contribution in [1.82, 2.24) is 15.6 Å². The number of aromatic nitrogens is 1. The topological polar surface area (TPSA) is 107 Å². The molecule has 2 rings (SSSR count). The van der Waals surface area contributed by atoms with Gasteiger partial charge in [0.25, 0.3) is 0 Å². The number of nitrogens with zero attached hydrogens (tertiary/aromatic N) is 1. The van der Waals surface area contributed by atoms with Gasteiger partial charge in [-0.05, 0) is 45.4 Å². The monoisotopic (exact) mass is 401 g/mol. The SMILES string of the molecule is CCOC(=O)[C@H](CNC(=O)CNC(=O)OC(C)(C)C)c1cnc2ccccc2c1. The molecule has 0 saturated heterocycles. The standard InChI is InChI=1S/C21H27N3O5/c1-5-28-19(26)16(15-10-14-8-6-7-9-17(14)22-11-15)12-23-18(25)13-24-20(27)29-21(2,3)4/h6-11,16H,5,12-13H2,1-4H3,(H,23,25)(H,24,27)/t16-/m1/s1. The summed E-state index contributed by atoms with van der Waals surface area (Å²) in [5.74, 6) is -1.61. The third-order valence-electron chi connectivity index (χ3n) is 3.88. The number of benzene rings is 1. The van der Waals surface area contributed by atoms with E-state index in [4.69, 9.17) is 9.47 Å². The summed E-state index contributed by atoms with van der Waals surface area (Å²) in [6.07, 6.45) is 0.919. The number of esters is 1. The highest BCUT2D eigenvalue weighted by atomic mass is 16.6. The average Bonchev–Trinajstić information content (AvgIpc) is 2.65. The lowest BCUT2D eigenvalue weighted by Gasteiger charge is -2.20. The Hall–Kier alpha value is -3.16. The predicted molar refractivity (Wildman–Crippen MR) is 108 cm³/mol. The number of pyridine rings is 1. The molecule has 0 aliphatic heterocycles. The summed E-state index contributed by atoms with van der Waals surface area (Å²) in [6.45, 7) is 6.89. The summed E-state index contributed by atoms with van der Waals surface area (Å²) in [6, 6.07) is 9.40. The van der Waals surface area contributed by atoms with Gasteiger partial charge in [-0.15, -0.1) is 0 Å². The average molecular weight is 401 g/mol. The minimum Gasteiger partial charge on any atom is -0.465 e. The van der Waals surface area contributed by atoms with Crippen LogP contribution in [0, 0.1) is 0 Å². The number of rotatable bonds is 7. The second kappa shape index (κ2) is 9.86. The summed E-state index contributed by atoms with van der Waals surface area (Å²) < 4.78 is 10.2. The van der Waals surface area contributed by atoms with Crippen molar-refractivity contribution in [3.63, 3.8) is 0 Å². The summed E-state index contributed by atoms with van der Waals surface area (Å²) in [5, 5.41) is 5.91. The smallest absolute Gasteiger partial charge is 0.408 e. The lowest BCUT2D eigenvalue weighted by molar-refractivity contribution is -0.144. The van der Waals surface area contributed by atoms with Crippen LogP contribution >= 0.6 is 0 Å². The van der Waals surface area contributed by atoms with Gasteiger partial charge < -0.3 is 20.1 Å². The van der Waals surface area contributed by atoms with Crippen LogP contribution in [0.25, 0.3) is 10.9 Å². The van der Waals surface area contributed by atoms with Crippen molar-refractivity contribution in [3.05, 3.63) is 42.1 Å². The van der Waals surface area contributed by atoms with E-state index in [-0.39, 0.29) is 19.7 Å². The van der Waals surface area contributed by atoms with Crippen molar-refractivity contribution < 1.29 is 23.9 Å². The van der Waals surface area contributed by atoms with Crippen LogP contribution in [0.2, 0.25) is 0 Å². The number of para-hydroxylation sites is 1. The van der Waals surface area contributed by atoms with Crippen LogP contribution in [0.5, 0.6) is 0 Å². The molecule has 2 amide bonds. The van der Waals surface area contributed by atoms with Crippen molar-refractivity contribution >= 4 is 28.9 Å². The Morgan fingerprint density at radius 1 is 1.14 bits per heavy atom. The van der Waals surface area contributed by atoms with Crippen LogP contribution < -0.4 is 10.6 Å². The maximum atomic E-state index is 12.4. The first-order valence-corrected chi connectivity index (χ1v) is 9.44. The van der Waals surface area contributed by atoms with E-state index < -0.39 is 29.5 Å². The summed E-state index contributed by atoms with van der Waals surface area (Å²) in [4.78, 5) is 40.5. The molecule has 0 aliphatic rings. The normalized spacial score (nSPS) is 12.1. The van der Waals surface area contributed by atoms with Gasteiger partial charge in [-0.2, -0.15) is 0 Å². The first-order chi connectivity index (χ1) is 13.7. The molecule has 1 aromatic heterocycles. The molecule has 0 radical (unpaired) electrons. The van der Waals surface area contributed by atoms with Crippen molar-refractivity contribution in [3.8, 4) is 0 Å². The van der Waals surface area contributed by atoms with Crippen molar-refractivity contribution in [2.24, 2.45) is 0 Å². The maximum absolute atomic E-state index is 12.4. The number of ether oxygens (including phenoxy) is 2. The zero-order valence-electron chi connectivity index (χ0n) is 17.2. The Kier molecular flexibility index (Phi) is 7.52. The molecular weight excluding hydrogens is 374 g/mol. The number of carbonyl (C=O) groups is 3. The highest BCUT2D eigenvalue weighted by Crippen LogP contribution is 2.21. The molecule has 1 heterocycles. The lowest BCUT2D eigenvalue weighted by atomic mass is 9.99. The highest BCUT2D eigenvalue weighted by Gasteiger charge is 2.24. The van der Waals surface area contributed by atoms with Gasteiger partial charge >= 0.3 is 12.1 Å². The Morgan fingerprint density at radius 2 is 1.86 bits per heavy atom. The zero-order valence-corrected chi connectivity index (χ0v) is 17.2. The largest absolute Gasteiger partial charge is 0.465 e. The second-order valence-corrected chi connectivity index (χ2v) is 7.43. The fraction of sp³-hybridized carbons (Fsp3) is 0.429. The number of amides is 2. The van der Waals surface area contributed by atoms with Gasteiger partial charge in [0.1, 0.15) is 11.5 Å². The number of carbonyl (C=O) groups excluding carboxylic acids is 3. The Morgan fingerprint density at radius 3 is 2.55 bits per heavy atom. The Labute approximate surface area is 170 Å². The lowest BCUT2D eigenvalue weighted by Crippen LogP contribution is -2.41. The molecular formula is C21H27N3O5. The first-order valence-electron chi connectivity index (χ1n) is 9.44. The van der Waals surface area contributed by atoms with Crippen molar-refractivity contribution in [2.75, 3.05) is 19.7 Å². The molecule has 0 saturated carbocycles. The van der Waals surface area contributed by atoms with Gasteiger partial charge in [0.15, 0.2) is 0 Å². The van der Waals surface area contributed by atoms with Crippen LogP contribution in [0.4, 0.5) is 4.79 Å². The minimum absolute atomic E-state index is 0.0215. The van der Waals surface area contributed by atoms with E-state index in [0.717, 1.165) is 10.9 Å². The molecule has 2 aromatic rings. The van der Waals surface area contributed by atoms with Crippen LogP contribution in [0.1, 0.15) is 39.2 Å². The molecule has 156 valence electrons. The molecule has 0 spiro atoms. The van der Waals surface area contributed by atoms with E-state index in [1.807, 2.05) is 30.3 Å².